The van der Waals surface area contributed by atoms with Gasteiger partial charge in [0.15, 0.2) is 5.60 Å². The summed E-state index contributed by atoms with van der Waals surface area (Å²) in [6.45, 7) is 0. The van der Waals surface area contributed by atoms with Gasteiger partial charge in [0.2, 0.25) is 0 Å². The average Bonchev–Trinajstić information content (AvgIpc) is 2.73. The fraction of sp³-hybridized carbons (Fsp3) is 0.136. The van der Waals surface area contributed by atoms with Gasteiger partial charge in [-0.15, -0.1) is 0 Å². The molecule has 1 aliphatic heterocycles. The molecule has 0 aromatic heterocycles. The van der Waals surface area contributed by atoms with E-state index in [1.54, 1.807) is 14.2 Å². The van der Waals surface area contributed by atoms with Crippen LogP contribution in [0, 0.1) is 0 Å². The third-order valence-corrected chi connectivity index (χ3v) is 5.52. The second-order valence-electron chi connectivity index (χ2n) is 6.09. The van der Waals surface area contributed by atoms with Crippen LogP contribution in [-0.2, 0) is 10.3 Å². The number of fused-ring (bicyclic) bond motifs is 1. The van der Waals surface area contributed by atoms with E-state index < -0.39 is 5.60 Å². The van der Waals surface area contributed by atoms with Crippen molar-refractivity contribution in [2.45, 2.75) is 10.5 Å². The number of methoxy groups -OCH3 is 2. The summed E-state index contributed by atoms with van der Waals surface area (Å²) in [7, 11) is 3.25. The largest absolute Gasteiger partial charge is 0.497 e. The summed E-state index contributed by atoms with van der Waals surface area (Å²) in [5.41, 5.74) is 1.62. The van der Waals surface area contributed by atoms with Crippen LogP contribution in [0.25, 0.3) is 0 Å². The molecule has 0 atom stereocenters. The molecule has 1 aliphatic rings. The summed E-state index contributed by atoms with van der Waals surface area (Å²) in [5.74, 6) is 1.49. The molecule has 27 heavy (non-hydrogen) atoms. The number of thioether (sulfide) groups is 1. The quantitative estimate of drug-likeness (QED) is 0.581. The van der Waals surface area contributed by atoms with Crippen LogP contribution in [0.2, 0.25) is 0 Å². The zero-order valence-corrected chi connectivity index (χ0v) is 15.8. The van der Waals surface area contributed by atoms with Gasteiger partial charge >= 0.3 is 5.30 Å². The van der Waals surface area contributed by atoms with Gasteiger partial charge in [0, 0.05) is 21.6 Å². The molecular weight excluding hydrogens is 360 g/mol. The second-order valence-corrected chi connectivity index (χ2v) is 7.07. The van der Waals surface area contributed by atoms with E-state index in [0.717, 1.165) is 44.8 Å². The monoisotopic (exact) mass is 378 g/mol. The third kappa shape index (κ3) is 2.94. The first-order chi connectivity index (χ1) is 13.2. The summed E-state index contributed by atoms with van der Waals surface area (Å²) < 4.78 is 16.6. The molecule has 4 nitrogen and oxygen atoms in total. The van der Waals surface area contributed by atoms with Crippen LogP contribution in [0.4, 0.5) is 4.79 Å². The first-order valence-corrected chi connectivity index (χ1v) is 9.28. The van der Waals surface area contributed by atoms with Crippen LogP contribution in [0.3, 0.4) is 0 Å². The van der Waals surface area contributed by atoms with Gasteiger partial charge in [-0.2, -0.15) is 0 Å². The van der Waals surface area contributed by atoms with Crippen LogP contribution in [0.15, 0.2) is 77.7 Å². The lowest BCUT2D eigenvalue weighted by Crippen LogP contribution is -2.37. The van der Waals surface area contributed by atoms with Crippen LogP contribution in [0.5, 0.6) is 11.5 Å². The van der Waals surface area contributed by atoms with E-state index in [-0.39, 0.29) is 5.30 Å². The van der Waals surface area contributed by atoms with Gasteiger partial charge in [0.25, 0.3) is 0 Å². The van der Waals surface area contributed by atoms with Gasteiger partial charge < -0.3 is 14.2 Å². The number of carbonyl (C=O) groups excluding carboxylic acids is 1. The number of ether oxygens (including phenoxy) is 3. The smallest absolute Gasteiger partial charge is 0.373 e. The molecular formula is C22H18O4S. The van der Waals surface area contributed by atoms with Crippen LogP contribution in [-0.4, -0.2) is 19.5 Å². The van der Waals surface area contributed by atoms with E-state index in [1.165, 1.54) is 0 Å². The lowest BCUT2D eigenvalue weighted by molar-refractivity contribution is 0.0846. The number of hydrogen-bond acceptors (Lipinski definition) is 5. The van der Waals surface area contributed by atoms with Crippen molar-refractivity contribution >= 4 is 17.1 Å². The standard InChI is InChI=1S/C22H18O4S/c1-24-17-11-7-15(8-12-17)22(16-9-13-18(25-2)14-10-16)19-5-3-4-6-20(19)27-21(23)26-22/h3-14H,1-2H3. The van der Waals surface area contributed by atoms with Gasteiger partial charge in [0.1, 0.15) is 11.5 Å². The lowest BCUT2D eigenvalue weighted by atomic mass is 9.80. The topological polar surface area (TPSA) is 44.8 Å². The Hall–Kier alpha value is -2.92. The molecule has 5 heteroatoms. The Morgan fingerprint density at radius 2 is 1.30 bits per heavy atom. The van der Waals surface area contributed by atoms with Crippen LogP contribution in [0.1, 0.15) is 16.7 Å². The molecule has 4 rings (SSSR count). The predicted molar refractivity (Wildman–Crippen MR) is 105 cm³/mol. The molecule has 0 saturated carbocycles. The van der Waals surface area contributed by atoms with E-state index in [0.29, 0.717) is 0 Å². The molecule has 0 amide bonds. The summed E-state index contributed by atoms with van der Waals surface area (Å²) >= 11 is 1.11. The number of benzene rings is 3. The van der Waals surface area contributed by atoms with Gasteiger partial charge in [-0.3, -0.25) is 0 Å². The highest BCUT2D eigenvalue weighted by Crippen LogP contribution is 2.49. The van der Waals surface area contributed by atoms with E-state index in [4.69, 9.17) is 14.2 Å². The van der Waals surface area contributed by atoms with Crippen molar-refractivity contribution in [3.63, 3.8) is 0 Å². The average molecular weight is 378 g/mol. The van der Waals surface area contributed by atoms with Crippen molar-refractivity contribution in [3.05, 3.63) is 89.5 Å². The Bertz CT molecular complexity index is 917. The van der Waals surface area contributed by atoms with Gasteiger partial charge in [-0.25, -0.2) is 4.79 Å². The predicted octanol–water partition coefficient (Wildman–Crippen LogP) is 5.24. The van der Waals surface area contributed by atoms with Crippen molar-refractivity contribution in [2.24, 2.45) is 0 Å². The molecule has 0 radical (unpaired) electrons. The molecule has 0 unspecified atom stereocenters. The summed E-state index contributed by atoms with van der Waals surface area (Å²) in [4.78, 5) is 13.4. The van der Waals surface area contributed by atoms with Crippen molar-refractivity contribution in [2.75, 3.05) is 14.2 Å². The summed E-state index contributed by atoms with van der Waals surface area (Å²) in [6.07, 6.45) is 0. The van der Waals surface area contributed by atoms with Gasteiger partial charge in [0.05, 0.1) is 14.2 Å². The molecule has 3 aromatic carbocycles. The summed E-state index contributed by atoms with van der Waals surface area (Å²) in [5, 5.41) is -0.333. The Labute approximate surface area is 162 Å². The van der Waals surface area contributed by atoms with Gasteiger partial charge in [-0.1, -0.05) is 42.5 Å². The molecule has 0 aliphatic carbocycles. The zero-order valence-electron chi connectivity index (χ0n) is 15.0. The minimum atomic E-state index is -1.03. The fourth-order valence-corrected chi connectivity index (χ4v) is 4.20. The van der Waals surface area contributed by atoms with E-state index in [2.05, 4.69) is 0 Å². The van der Waals surface area contributed by atoms with Crippen molar-refractivity contribution in [1.82, 2.24) is 0 Å². The summed E-state index contributed by atoms with van der Waals surface area (Å²) in [6, 6.07) is 23.1. The molecule has 0 bridgehead atoms. The highest BCUT2D eigenvalue weighted by atomic mass is 32.2. The SMILES string of the molecule is COc1ccc(C2(c3ccc(OC)cc3)OC(=O)Sc3ccccc32)cc1. The first-order valence-electron chi connectivity index (χ1n) is 8.47. The molecule has 0 spiro atoms. The first kappa shape index (κ1) is 17.5. The molecule has 0 fully saturated rings. The fourth-order valence-electron chi connectivity index (χ4n) is 3.38. The van der Waals surface area contributed by atoms with Gasteiger partial charge in [-0.05, 0) is 42.1 Å². The number of cyclic esters (lactones) is 1. The second kappa shape index (κ2) is 7.00. The van der Waals surface area contributed by atoms with Crippen molar-refractivity contribution in [1.29, 1.82) is 0 Å². The normalized spacial score (nSPS) is 14.8. The third-order valence-electron chi connectivity index (χ3n) is 4.69. The number of rotatable bonds is 4. The van der Waals surface area contributed by atoms with Crippen molar-refractivity contribution < 1.29 is 19.0 Å². The Morgan fingerprint density at radius 1 is 0.778 bits per heavy atom. The lowest BCUT2D eigenvalue weighted by Gasteiger charge is -2.38. The highest BCUT2D eigenvalue weighted by Gasteiger charge is 2.45. The maximum atomic E-state index is 12.5. The molecule has 136 valence electrons. The number of hydrogen-bond donors (Lipinski definition) is 0. The number of carbonyl (C=O) groups is 1. The zero-order chi connectivity index (χ0) is 18.9. The molecule has 1 heterocycles. The Morgan fingerprint density at radius 3 is 1.81 bits per heavy atom. The molecule has 0 saturated heterocycles. The van der Waals surface area contributed by atoms with E-state index in [9.17, 15) is 4.79 Å². The van der Waals surface area contributed by atoms with Crippen molar-refractivity contribution in [3.8, 4) is 11.5 Å². The van der Waals surface area contributed by atoms with Crippen LogP contribution >= 0.6 is 11.8 Å². The Kier molecular flexibility index (Phi) is 4.54. The minimum Gasteiger partial charge on any atom is -0.497 e. The molecule has 3 aromatic rings. The van der Waals surface area contributed by atoms with E-state index >= 15 is 0 Å². The van der Waals surface area contributed by atoms with E-state index in [1.807, 2.05) is 72.8 Å². The Balaban J connectivity index is 1.99. The molecule has 0 N–H and O–H groups in total. The maximum absolute atomic E-state index is 12.5. The minimum absolute atomic E-state index is 0.333. The highest BCUT2D eigenvalue weighted by molar-refractivity contribution is 8.13. The van der Waals surface area contributed by atoms with Crippen LogP contribution < -0.4 is 9.47 Å². The maximum Gasteiger partial charge on any atom is 0.373 e.